The SMILES string of the molecule is COC(=O)/C=C/CC[C@H](NC(=O)c1oc2ccccc2c1C)C(=O)Nc1cccn(CC(=O)NC23CCC(CC2)C3)c1=O. The standard InChI is InChI=1S/C32H36N4O7/c1-20-22-8-3-5-11-25(22)43-28(20)30(40)33-23(9-4-6-12-27(38)42-2)29(39)34-24-10-7-17-36(31(24)41)19-26(37)35-32-15-13-21(18-32)14-16-32/h3,5-8,10-12,17,21,23H,4,9,13-16,18-19H2,1-2H3,(H,33,40)(H,34,39)(H,35,37)/b12-6+/t21?,23-,32?/m0/s1. The number of furan rings is 1. The van der Waals surface area contributed by atoms with Crippen molar-refractivity contribution in [1.82, 2.24) is 15.2 Å². The van der Waals surface area contributed by atoms with E-state index in [1.165, 1.54) is 36.1 Å². The lowest BCUT2D eigenvalue weighted by molar-refractivity contribution is -0.134. The maximum Gasteiger partial charge on any atom is 0.330 e. The number of carbonyl (C=O) groups is 4. The Morgan fingerprint density at radius 2 is 1.91 bits per heavy atom. The maximum absolute atomic E-state index is 13.4. The Bertz CT molecular complexity index is 1630. The van der Waals surface area contributed by atoms with Crippen molar-refractivity contribution in [3.05, 3.63) is 76.4 Å². The highest BCUT2D eigenvalue weighted by Gasteiger charge is 2.45. The fourth-order valence-electron chi connectivity index (χ4n) is 6.23. The number of hydrogen-bond acceptors (Lipinski definition) is 7. The van der Waals surface area contributed by atoms with Gasteiger partial charge in [0.05, 0.1) is 7.11 Å². The van der Waals surface area contributed by atoms with Crippen LogP contribution in [-0.2, 0) is 25.7 Å². The minimum Gasteiger partial charge on any atom is -0.466 e. The van der Waals surface area contributed by atoms with Gasteiger partial charge in [-0.2, -0.15) is 0 Å². The predicted molar refractivity (Wildman–Crippen MR) is 159 cm³/mol. The van der Waals surface area contributed by atoms with E-state index < -0.39 is 29.4 Å². The van der Waals surface area contributed by atoms with Crippen molar-refractivity contribution in [1.29, 1.82) is 0 Å². The summed E-state index contributed by atoms with van der Waals surface area (Å²) < 4.78 is 11.6. The zero-order valence-corrected chi connectivity index (χ0v) is 24.3. The molecule has 0 spiro atoms. The van der Waals surface area contributed by atoms with Gasteiger partial charge >= 0.3 is 5.97 Å². The summed E-state index contributed by atoms with van der Waals surface area (Å²) in [7, 11) is 1.26. The second-order valence-electron chi connectivity index (χ2n) is 11.4. The molecule has 1 aromatic carbocycles. The summed E-state index contributed by atoms with van der Waals surface area (Å²) in [5.41, 5.74) is 0.449. The van der Waals surface area contributed by atoms with Crippen molar-refractivity contribution in [3.63, 3.8) is 0 Å². The number of aromatic nitrogens is 1. The maximum atomic E-state index is 13.4. The molecule has 3 aromatic rings. The van der Waals surface area contributed by atoms with Crippen LogP contribution in [-0.4, -0.2) is 46.9 Å². The Balaban J connectivity index is 1.29. The van der Waals surface area contributed by atoms with Crippen LogP contribution in [0.1, 0.15) is 61.1 Å². The molecule has 1 atom stereocenters. The Labute approximate surface area is 248 Å². The average Bonchev–Trinajstić information content (AvgIpc) is 3.69. The van der Waals surface area contributed by atoms with Crippen LogP contribution in [0, 0.1) is 12.8 Å². The first-order valence-electron chi connectivity index (χ1n) is 14.5. The van der Waals surface area contributed by atoms with Gasteiger partial charge in [-0.1, -0.05) is 24.3 Å². The third-order valence-electron chi connectivity index (χ3n) is 8.49. The van der Waals surface area contributed by atoms with Crippen molar-refractivity contribution in [2.75, 3.05) is 12.4 Å². The Hall–Kier alpha value is -4.67. The third kappa shape index (κ3) is 6.71. The summed E-state index contributed by atoms with van der Waals surface area (Å²) in [6, 6.07) is 9.18. The molecule has 2 bridgehead atoms. The minimum atomic E-state index is -1.07. The first-order valence-corrected chi connectivity index (χ1v) is 14.5. The second kappa shape index (κ2) is 12.7. The summed E-state index contributed by atoms with van der Waals surface area (Å²) in [4.78, 5) is 64.2. The van der Waals surface area contributed by atoms with Gasteiger partial charge in [0.2, 0.25) is 11.8 Å². The third-order valence-corrected chi connectivity index (χ3v) is 8.49. The van der Waals surface area contributed by atoms with Crippen LogP contribution >= 0.6 is 0 Å². The van der Waals surface area contributed by atoms with Crippen LogP contribution < -0.4 is 21.5 Å². The molecule has 2 fully saturated rings. The lowest BCUT2D eigenvalue weighted by Gasteiger charge is -2.28. The number of fused-ring (bicyclic) bond motifs is 3. The Morgan fingerprint density at radius 1 is 1.14 bits per heavy atom. The van der Waals surface area contributed by atoms with Crippen molar-refractivity contribution in [2.24, 2.45) is 5.92 Å². The van der Waals surface area contributed by atoms with Gasteiger partial charge in [0.25, 0.3) is 11.5 Å². The van der Waals surface area contributed by atoms with E-state index >= 15 is 0 Å². The fraction of sp³-hybridized carbons (Fsp3) is 0.406. The van der Waals surface area contributed by atoms with E-state index in [4.69, 9.17) is 4.42 Å². The summed E-state index contributed by atoms with van der Waals surface area (Å²) in [6.07, 6.45) is 9.80. The van der Waals surface area contributed by atoms with Gasteiger partial charge in [-0.05, 0) is 76.0 Å². The van der Waals surface area contributed by atoms with Gasteiger partial charge in [-0.3, -0.25) is 19.2 Å². The van der Waals surface area contributed by atoms with E-state index in [1.54, 1.807) is 25.1 Å². The summed E-state index contributed by atoms with van der Waals surface area (Å²) in [6.45, 7) is 1.59. The Kier molecular flexibility index (Phi) is 8.79. The number of nitrogens with one attached hydrogen (secondary N) is 3. The number of anilines is 1. The van der Waals surface area contributed by atoms with Gasteiger partial charge in [0.1, 0.15) is 23.9 Å². The van der Waals surface area contributed by atoms with E-state index in [0.29, 0.717) is 17.1 Å². The van der Waals surface area contributed by atoms with Crippen LogP contribution in [0.5, 0.6) is 0 Å². The summed E-state index contributed by atoms with van der Waals surface area (Å²) >= 11 is 0. The molecule has 0 aliphatic heterocycles. The average molecular weight is 589 g/mol. The molecule has 2 aliphatic carbocycles. The number of amides is 3. The summed E-state index contributed by atoms with van der Waals surface area (Å²) in [5.74, 6) is -1.26. The lowest BCUT2D eigenvalue weighted by atomic mass is 9.94. The molecule has 0 radical (unpaired) electrons. The first kappa shape index (κ1) is 29.8. The number of para-hydroxylation sites is 1. The number of allylic oxidation sites excluding steroid dienone is 1. The fourth-order valence-corrected chi connectivity index (χ4v) is 6.23. The molecule has 0 saturated heterocycles. The van der Waals surface area contributed by atoms with Gasteiger partial charge in [0, 0.05) is 28.8 Å². The smallest absolute Gasteiger partial charge is 0.330 e. The molecule has 2 aliphatic rings. The van der Waals surface area contributed by atoms with Crippen LogP contribution in [0.4, 0.5) is 5.69 Å². The number of methoxy groups -OCH3 is 1. The molecular formula is C32H36N4O7. The molecule has 226 valence electrons. The molecule has 11 nitrogen and oxygen atoms in total. The number of esters is 1. The van der Waals surface area contributed by atoms with Crippen LogP contribution in [0.25, 0.3) is 11.0 Å². The second-order valence-corrected chi connectivity index (χ2v) is 11.4. The largest absolute Gasteiger partial charge is 0.466 e. The van der Waals surface area contributed by atoms with E-state index in [-0.39, 0.29) is 42.3 Å². The zero-order valence-electron chi connectivity index (χ0n) is 24.3. The molecule has 43 heavy (non-hydrogen) atoms. The Morgan fingerprint density at radius 3 is 2.60 bits per heavy atom. The lowest BCUT2D eigenvalue weighted by Crippen LogP contribution is -2.47. The number of ether oxygens (including phenoxy) is 1. The van der Waals surface area contributed by atoms with Crippen molar-refractivity contribution < 1.29 is 28.3 Å². The van der Waals surface area contributed by atoms with Gasteiger partial charge in [0.15, 0.2) is 5.76 Å². The number of hydrogen-bond donors (Lipinski definition) is 3. The van der Waals surface area contributed by atoms with Crippen molar-refractivity contribution >= 4 is 40.3 Å². The van der Waals surface area contributed by atoms with E-state index in [2.05, 4.69) is 20.7 Å². The molecule has 2 saturated carbocycles. The monoisotopic (exact) mass is 588 g/mol. The molecule has 5 rings (SSSR count). The normalized spacial score (nSPS) is 19.8. The number of benzene rings is 1. The molecule has 3 N–H and O–H groups in total. The number of rotatable bonds is 11. The number of nitrogens with zero attached hydrogens (tertiary/aromatic N) is 1. The van der Waals surface area contributed by atoms with E-state index in [9.17, 15) is 24.0 Å². The molecule has 11 heteroatoms. The highest BCUT2D eigenvalue weighted by molar-refractivity contribution is 6.03. The zero-order chi connectivity index (χ0) is 30.6. The molecule has 0 unspecified atom stereocenters. The molecule has 2 heterocycles. The molecule has 2 aromatic heterocycles. The van der Waals surface area contributed by atoms with Crippen molar-refractivity contribution in [3.8, 4) is 0 Å². The highest BCUT2D eigenvalue weighted by Crippen LogP contribution is 2.47. The molecular weight excluding hydrogens is 552 g/mol. The van der Waals surface area contributed by atoms with E-state index in [1.807, 2.05) is 12.1 Å². The minimum absolute atomic E-state index is 0.0236. The molecule has 3 amide bonds. The van der Waals surface area contributed by atoms with Crippen LogP contribution in [0.15, 0.2) is 64.0 Å². The van der Waals surface area contributed by atoms with E-state index in [0.717, 1.165) is 37.5 Å². The number of carbonyl (C=O) groups excluding carboxylic acids is 4. The van der Waals surface area contributed by atoms with Crippen molar-refractivity contribution in [2.45, 2.75) is 70.0 Å². The van der Waals surface area contributed by atoms with Gasteiger partial charge in [-0.25, -0.2) is 4.79 Å². The van der Waals surface area contributed by atoms with Gasteiger partial charge in [-0.15, -0.1) is 0 Å². The quantitative estimate of drug-likeness (QED) is 0.229. The number of aryl methyl sites for hydroxylation is 1. The summed E-state index contributed by atoms with van der Waals surface area (Å²) in [5, 5.41) is 9.26. The number of pyridine rings is 1. The van der Waals surface area contributed by atoms with Crippen LogP contribution in [0.2, 0.25) is 0 Å². The van der Waals surface area contributed by atoms with Crippen LogP contribution in [0.3, 0.4) is 0 Å². The first-order chi connectivity index (χ1) is 20.7. The topological polar surface area (TPSA) is 149 Å². The predicted octanol–water partition coefficient (Wildman–Crippen LogP) is 3.60. The highest BCUT2D eigenvalue weighted by atomic mass is 16.5. The van der Waals surface area contributed by atoms with Gasteiger partial charge < -0.3 is 29.7 Å².